The molecule has 0 aromatic rings. The molecule has 1 amide bonds. The zero-order valence-electron chi connectivity index (χ0n) is 12.2. The molecule has 0 unspecified atom stereocenters. The van der Waals surface area contributed by atoms with Crippen molar-refractivity contribution in [2.75, 3.05) is 6.61 Å². The predicted octanol–water partition coefficient (Wildman–Crippen LogP) is 2.06. The third-order valence-electron chi connectivity index (χ3n) is 2.43. The number of terminal acetylenes is 1. The number of hydrogen-bond acceptors (Lipinski definition) is 3. The van der Waals surface area contributed by atoms with E-state index in [2.05, 4.69) is 11.2 Å². The first-order valence-electron chi connectivity index (χ1n) is 6.12. The molecular formula is C14H23NO4. The monoisotopic (exact) mass is 269 g/mol. The fraction of sp³-hybridized carbons (Fsp3) is 0.714. The molecule has 2 N–H and O–H groups in total. The Bertz CT molecular complexity index is 374. The van der Waals surface area contributed by atoms with E-state index in [1.807, 2.05) is 20.8 Å². The average molecular weight is 269 g/mol. The number of nitrogens with one attached hydrogen (secondary N) is 1. The highest BCUT2D eigenvalue weighted by Gasteiger charge is 2.29. The lowest BCUT2D eigenvalue weighted by molar-refractivity contribution is -0.122. The van der Waals surface area contributed by atoms with Crippen LogP contribution < -0.4 is 5.32 Å². The molecule has 0 saturated carbocycles. The maximum Gasteiger partial charge on any atom is 0.405 e. The summed E-state index contributed by atoms with van der Waals surface area (Å²) in [7, 11) is 0. The van der Waals surface area contributed by atoms with Crippen LogP contribution in [0.15, 0.2) is 0 Å². The molecule has 0 heterocycles. The number of carbonyl (C=O) groups is 2. The zero-order valence-corrected chi connectivity index (χ0v) is 12.2. The molecule has 0 aromatic heterocycles. The van der Waals surface area contributed by atoms with E-state index < -0.39 is 17.6 Å². The predicted molar refractivity (Wildman–Crippen MR) is 72.9 cm³/mol. The summed E-state index contributed by atoms with van der Waals surface area (Å²) >= 11 is 0. The van der Waals surface area contributed by atoms with E-state index in [4.69, 9.17) is 16.3 Å². The Labute approximate surface area is 114 Å². The number of amides is 1. The summed E-state index contributed by atoms with van der Waals surface area (Å²) in [6.45, 7) is 9.22. The van der Waals surface area contributed by atoms with Gasteiger partial charge in [0.1, 0.15) is 0 Å². The van der Waals surface area contributed by atoms with Gasteiger partial charge >= 0.3 is 6.09 Å². The SMILES string of the molecule is C#CC(=O)[C@H](COC(C)(C)C)CC(C)(C)NC(=O)O. The van der Waals surface area contributed by atoms with Gasteiger partial charge in [0.25, 0.3) is 0 Å². The first kappa shape index (κ1) is 17.5. The molecule has 0 spiro atoms. The summed E-state index contributed by atoms with van der Waals surface area (Å²) in [6, 6.07) is 0. The summed E-state index contributed by atoms with van der Waals surface area (Å²) in [5, 5.41) is 11.1. The summed E-state index contributed by atoms with van der Waals surface area (Å²) in [5.41, 5.74) is -1.12. The van der Waals surface area contributed by atoms with Crippen molar-refractivity contribution < 1.29 is 19.4 Å². The van der Waals surface area contributed by atoms with Crippen molar-refractivity contribution in [1.29, 1.82) is 0 Å². The second kappa shape index (κ2) is 6.58. The quantitative estimate of drug-likeness (QED) is 0.571. The van der Waals surface area contributed by atoms with E-state index in [-0.39, 0.29) is 18.0 Å². The van der Waals surface area contributed by atoms with Gasteiger partial charge in [-0.05, 0) is 47.0 Å². The molecule has 0 aliphatic heterocycles. The number of hydrogen-bond donors (Lipinski definition) is 2. The molecule has 0 saturated heterocycles. The molecule has 0 aliphatic carbocycles. The average Bonchev–Trinajstić information content (AvgIpc) is 2.19. The summed E-state index contributed by atoms with van der Waals surface area (Å²) in [4.78, 5) is 22.4. The van der Waals surface area contributed by atoms with E-state index in [9.17, 15) is 9.59 Å². The van der Waals surface area contributed by atoms with Crippen LogP contribution in [-0.2, 0) is 9.53 Å². The van der Waals surface area contributed by atoms with Gasteiger partial charge in [-0.3, -0.25) is 4.79 Å². The summed E-state index contributed by atoms with van der Waals surface area (Å²) in [6.07, 6.45) is 4.30. The van der Waals surface area contributed by atoms with Crippen molar-refractivity contribution in [3.05, 3.63) is 0 Å². The smallest absolute Gasteiger partial charge is 0.405 e. The second-order valence-corrected chi connectivity index (χ2v) is 6.15. The largest absolute Gasteiger partial charge is 0.465 e. The normalized spacial score (nSPS) is 13.5. The van der Waals surface area contributed by atoms with Crippen molar-refractivity contribution in [1.82, 2.24) is 5.32 Å². The highest BCUT2D eigenvalue weighted by atomic mass is 16.5. The van der Waals surface area contributed by atoms with Gasteiger partial charge in [0.15, 0.2) is 0 Å². The number of carbonyl (C=O) groups excluding carboxylic acids is 1. The van der Waals surface area contributed by atoms with Crippen LogP contribution in [0, 0.1) is 18.3 Å². The first-order valence-corrected chi connectivity index (χ1v) is 6.12. The summed E-state index contributed by atoms with van der Waals surface area (Å²) < 4.78 is 5.57. The van der Waals surface area contributed by atoms with Crippen LogP contribution in [-0.4, -0.2) is 34.7 Å². The highest BCUT2D eigenvalue weighted by Crippen LogP contribution is 2.20. The van der Waals surface area contributed by atoms with Crippen LogP contribution in [0.25, 0.3) is 0 Å². The number of Topliss-reactive ketones (excluding diaryl/α,β-unsaturated/α-hetero) is 1. The van der Waals surface area contributed by atoms with E-state index in [1.54, 1.807) is 13.8 Å². The van der Waals surface area contributed by atoms with E-state index in [0.717, 1.165) is 0 Å². The topological polar surface area (TPSA) is 75.6 Å². The third-order valence-corrected chi connectivity index (χ3v) is 2.43. The molecule has 0 aromatic carbocycles. The fourth-order valence-corrected chi connectivity index (χ4v) is 1.65. The van der Waals surface area contributed by atoms with Crippen molar-refractivity contribution in [2.24, 2.45) is 5.92 Å². The Kier molecular flexibility index (Phi) is 6.04. The molecule has 0 aliphatic rings. The molecule has 0 radical (unpaired) electrons. The van der Waals surface area contributed by atoms with Gasteiger partial charge in [0.05, 0.1) is 18.1 Å². The Balaban J connectivity index is 4.74. The van der Waals surface area contributed by atoms with Gasteiger partial charge < -0.3 is 15.2 Å². The lowest BCUT2D eigenvalue weighted by Gasteiger charge is -2.30. The number of ketones is 1. The Morgan fingerprint density at radius 2 is 1.84 bits per heavy atom. The summed E-state index contributed by atoms with van der Waals surface area (Å²) in [5.74, 6) is 1.19. The highest BCUT2D eigenvalue weighted by molar-refractivity contribution is 5.96. The van der Waals surface area contributed by atoms with Gasteiger partial charge in [-0.2, -0.15) is 0 Å². The maximum absolute atomic E-state index is 11.7. The Morgan fingerprint density at radius 3 is 2.21 bits per heavy atom. The molecule has 0 rings (SSSR count). The molecule has 1 atom stereocenters. The van der Waals surface area contributed by atoms with Gasteiger partial charge in [0.2, 0.25) is 5.78 Å². The van der Waals surface area contributed by atoms with Crippen LogP contribution in [0.5, 0.6) is 0 Å². The lowest BCUT2D eigenvalue weighted by atomic mass is 9.88. The Hall–Kier alpha value is -1.54. The van der Waals surface area contributed by atoms with Crippen LogP contribution in [0.4, 0.5) is 4.79 Å². The minimum atomic E-state index is -1.13. The van der Waals surface area contributed by atoms with Gasteiger partial charge in [-0.25, -0.2) is 4.79 Å². The third kappa shape index (κ3) is 8.22. The molecule has 108 valence electrons. The van der Waals surface area contributed by atoms with Crippen molar-refractivity contribution in [3.8, 4) is 12.3 Å². The molecule has 0 bridgehead atoms. The number of ether oxygens (including phenoxy) is 1. The van der Waals surface area contributed by atoms with Crippen LogP contribution in [0.2, 0.25) is 0 Å². The zero-order chi connectivity index (χ0) is 15.3. The van der Waals surface area contributed by atoms with Gasteiger partial charge in [-0.15, -0.1) is 6.42 Å². The van der Waals surface area contributed by atoms with Crippen LogP contribution in [0.3, 0.4) is 0 Å². The Morgan fingerprint density at radius 1 is 1.32 bits per heavy atom. The van der Waals surface area contributed by atoms with Gasteiger partial charge in [-0.1, -0.05) is 0 Å². The van der Waals surface area contributed by atoms with E-state index >= 15 is 0 Å². The maximum atomic E-state index is 11.7. The van der Waals surface area contributed by atoms with E-state index in [0.29, 0.717) is 6.42 Å². The number of carboxylic acid groups (broad SMARTS) is 1. The van der Waals surface area contributed by atoms with Crippen molar-refractivity contribution in [3.63, 3.8) is 0 Å². The second-order valence-electron chi connectivity index (χ2n) is 6.15. The van der Waals surface area contributed by atoms with Crippen molar-refractivity contribution >= 4 is 11.9 Å². The molecular weight excluding hydrogens is 246 g/mol. The van der Waals surface area contributed by atoms with Crippen LogP contribution >= 0.6 is 0 Å². The first-order chi connectivity index (χ1) is 8.47. The minimum absolute atomic E-state index is 0.178. The lowest BCUT2D eigenvalue weighted by Crippen LogP contribution is -2.45. The molecule has 0 fully saturated rings. The standard InChI is InChI=1S/C14H23NO4/c1-7-11(16)10(9-19-13(2,3)4)8-14(5,6)15-12(17)18/h1,10,15H,8-9H2,2-6H3,(H,17,18)/t10-/m0/s1. The fourth-order valence-electron chi connectivity index (χ4n) is 1.65. The molecule has 5 heteroatoms. The molecule has 19 heavy (non-hydrogen) atoms. The van der Waals surface area contributed by atoms with E-state index in [1.165, 1.54) is 0 Å². The van der Waals surface area contributed by atoms with Gasteiger partial charge in [0, 0.05) is 5.54 Å². The number of rotatable bonds is 6. The minimum Gasteiger partial charge on any atom is -0.465 e. The van der Waals surface area contributed by atoms with Crippen LogP contribution in [0.1, 0.15) is 41.0 Å². The van der Waals surface area contributed by atoms with Crippen molar-refractivity contribution in [2.45, 2.75) is 52.2 Å². The molecule has 5 nitrogen and oxygen atoms in total.